The van der Waals surface area contributed by atoms with Crippen LogP contribution in [0, 0.1) is 6.92 Å². The average molecular weight is 236 g/mol. The molecule has 0 bridgehead atoms. The monoisotopic (exact) mass is 236 g/mol. The number of amides is 1. The van der Waals surface area contributed by atoms with E-state index in [1.807, 2.05) is 0 Å². The number of piperidine rings is 1. The zero-order valence-electron chi connectivity index (χ0n) is 9.64. The molecule has 17 heavy (non-hydrogen) atoms. The van der Waals surface area contributed by atoms with Gasteiger partial charge in [-0.2, -0.15) is 0 Å². The molecule has 5 heteroatoms. The summed E-state index contributed by atoms with van der Waals surface area (Å²) in [6.45, 7) is 2.20. The molecule has 5 nitrogen and oxygen atoms in total. The molecule has 1 aliphatic rings. The number of carboxylic acids is 1. The van der Waals surface area contributed by atoms with Crippen LogP contribution >= 0.6 is 0 Å². The fourth-order valence-electron chi connectivity index (χ4n) is 2.14. The summed E-state index contributed by atoms with van der Waals surface area (Å²) < 4.78 is 5.10. The molecule has 1 aromatic heterocycles. The minimum absolute atomic E-state index is 0.221. The lowest BCUT2D eigenvalue weighted by Crippen LogP contribution is -2.52. The molecule has 1 fully saturated rings. The number of hydrogen-bond donors (Lipinski definition) is 0. The van der Waals surface area contributed by atoms with Gasteiger partial charge < -0.3 is 19.2 Å². The van der Waals surface area contributed by atoms with E-state index < -0.39 is 12.0 Å². The second-order valence-electron chi connectivity index (χ2n) is 4.26. The van der Waals surface area contributed by atoms with E-state index in [2.05, 4.69) is 0 Å². The van der Waals surface area contributed by atoms with Crippen LogP contribution in [0.3, 0.4) is 0 Å². The van der Waals surface area contributed by atoms with Gasteiger partial charge in [0.15, 0.2) is 5.76 Å². The van der Waals surface area contributed by atoms with Crippen molar-refractivity contribution in [1.82, 2.24) is 4.90 Å². The van der Waals surface area contributed by atoms with Gasteiger partial charge in [-0.15, -0.1) is 0 Å². The summed E-state index contributed by atoms with van der Waals surface area (Å²) in [5, 5.41) is 11.0. The van der Waals surface area contributed by atoms with Crippen molar-refractivity contribution in [3.05, 3.63) is 23.7 Å². The fourth-order valence-corrected chi connectivity index (χ4v) is 2.14. The van der Waals surface area contributed by atoms with Gasteiger partial charge in [0.05, 0.1) is 18.3 Å². The van der Waals surface area contributed by atoms with Crippen molar-refractivity contribution in [2.45, 2.75) is 32.2 Å². The molecule has 2 rings (SSSR count). The molecule has 0 aromatic carbocycles. The maximum atomic E-state index is 12.1. The number of carbonyl (C=O) groups is 2. The molecule has 0 radical (unpaired) electrons. The Bertz CT molecular complexity index is 437. The number of rotatable bonds is 2. The van der Waals surface area contributed by atoms with Crippen molar-refractivity contribution in [3.8, 4) is 0 Å². The number of furan rings is 1. The Morgan fingerprint density at radius 3 is 2.82 bits per heavy atom. The summed E-state index contributed by atoms with van der Waals surface area (Å²) in [7, 11) is 0. The van der Waals surface area contributed by atoms with Gasteiger partial charge in [-0.05, 0) is 32.3 Å². The van der Waals surface area contributed by atoms with Crippen LogP contribution < -0.4 is 5.11 Å². The number of aliphatic carboxylic acids is 1. The summed E-state index contributed by atoms with van der Waals surface area (Å²) in [6, 6.07) is 0.853. The Morgan fingerprint density at radius 1 is 1.47 bits per heavy atom. The van der Waals surface area contributed by atoms with Crippen molar-refractivity contribution in [2.75, 3.05) is 6.54 Å². The molecule has 0 N–H and O–H groups in total. The minimum atomic E-state index is -1.19. The van der Waals surface area contributed by atoms with Crippen LogP contribution in [0.15, 0.2) is 16.7 Å². The second-order valence-corrected chi connectivity index (χ2v) is 4.26. The average Bonchev–Trinajstić information content (AvgIpc) is 2.74. The Balaban J connectivity index is 2.23. The van der Waals surface area contributed by atoms with E-state index in [1.165, 1.54) is 11.2 Å². The zero-order chi connectivity index (χ0) is 12.4. The lowest BCUT2D eigenvalue weighted by molar-refractivity contribution is -0.311. The molecular formula is C12H14NO4-. The molecule has 0 spiro atoms. The number of nitrogens with zero attached hydrogens (tertiary/aromatic N) is 1. The van der Waals surface area contributed by atoms with Crippen molar-refractivity contribution in [2.24, 2.45) is 0 Å². The lowest BCUT2D eigenvalue weighted by atomic mass is 10.0. The van der Waals surface area contributed by atoms with Crippen molar-refractivity contribution >= 4 is 11.9 Å². The van der Waals surface area contributed by atoms with Crippen LogP contribution in [0.4, 0.5) is 0 Å². The van der Waals surface area contributed by atoms with Crippen LogP contribution in [-0.2, 0) is 4.79 Å². The smallest absolute Gasteiger partial charge is 0.290 e. The fraction of sp³-hybridized carbons (Fsp3) is 0.500. The maximum absolute atomic E-state index is 12.1. The normalized spacial score (nSPS) is 20.3. The molecule has 1 aliphatic heterocycles. The molecule has 1 amide bonds. The minimum Gasteiger partial charge on any atom is -0.548 e. The Hall–Kier alpha value is -1.78. The number of carboxylic acid groups (broad SMARTS) is 1. The Labute approximate surface area is 99.0 Å². The molecule has 92 valence electrons. The molecule has 0 saturated carbocycles. The maximum Gasteiger partial charge on any atom is 0.290 e. The van der Waals surface area contributed by atoms with E-state index in [-0.39, 0.29) is 11.7 Å². The van der Waals surface area contributed by atoms with Crippen LogP contribution in [-0.4, -0.2) is 29.4 Å². The molecule has 0 unspecified atom stereocenters. The first-order valence-electron chi connectivity index (χ1n) is 5.67. The first-order chi connectivity index (χ1) is 8.11. The van der Waals surface area contributed by atoms with Crippen LogP contribution in [0.5, 0.6) is 0 Å². The van der Waals surface area contributed by atoms with E-state index in [9.17, 15) is 14.7 Å². The van der Waals surface area contributed by atoms with E-state index in [4.69, 9.17) is 4.42 Å². The molecule has 2 heterocycles. The third-order valence-electron chi connectivity index (χ3n) is 3.09. The summed E-state index contributed by atoms with van der Waals surface area (Å²) in [5.74, 6) is -1.33. The number of aryl methyl sites for hydroxylation is 1. The Morgan fingerprint density at radius 2 is 2.24 bits per heavy atom. The molecular weight excluding hydrogens is 222 g/mol. The zero-order valence-corrected chi connectivity index (χ0v) is 9.64. The van der Waals surface area contributed by atoms with Crippen molar-refractivity contribution < 1.29 is 19.1 Å². The Kier molecular flexibility index (Phi) is 3.17. The summed E-state index contributed by atoms with van der Waals surface area (Å²) in [5.41, 5.74) is 0.720. The van der Waals surface area contributed by atoms with Gasteiger partial charge >= 0.3 is 0 Å². The van der Waals surface area contributed by atoms with Gasteiger partial charge in [-0.3, -0.25) is 4.79 Å². The standard InChI is InChI=1S/C12H15NO4/c1-8-5-7-17-10(8)11(14)13-6-3-2-4-9(13)12(15)16/h5,7,9H,2-4,6H2,1H3,(H,15,16)/p-1/t9-/m1/s1. The lowest BCUT2D eigenvalue weighted by Gasteiger charge is -2.35. The third-order valence-corrected chi connectivity index (χ3v) is 3.09. The van der Waals surface area contributed by atoms with E-state index >= 15 is 0 Å². The number of hydrogen-bond acceptors (Lipinski definition) is 4. The van der Waals surface area contributed by atoms with Gasteiger partial charge in [-0.1, -0.05) is 0 Å². The third kappa shape index (κ3) is 2.18. The molecule has 1 aromatic rings. The van der Waals surface area contributed by atoms with Gasteiger partial charge in [0.2, 0.25) is 0 Å². The van der Waals surface area contributed by atoms with E-state index in [0.717, 1.165) is 18.4 Å². The highest BCUT2D eigenvalue weighted by molar-refractivity contribution is 5.95. The first-order valence-corrected chi connectivity index (χ1v) is 5.67. The second kappa shape index (κ2) is 4.61. The predicted molar refractivity (Wildman–Crippen MR) is 57.1 cm³/mol. The van der Waals surface area contributed by atoms with E-state index in [0.29, 0.717) is 13.0 Å². The van der Waals surface area contributed by atoms with Gasteiger partial charge in [0.1, 0.15) is 0 Å². The van der Waals surface area contributed by atoms with Gasteiger partial charge in [-0.25, -0.2) is 0 Å². The predicted octanol–water partition coefficient (Wildman–Crippen LogP) is 0.333. The van der Waals surface area contributed by atoms with E-state index in [1.54, 1.807) is 13.0 Å². The summed E-state index contributed by atoms with van der Waals surface area (Å²) >= 11 is 0. The van der Waals surface area contributed by atoms with Crippen LogP contribution in [0.1, 0.15) is 35.4 Å². The molecule has 1 saturated heterocycles. The quantitative estimate of drug-likeness (QED) is 0.741. The van der Waals surface area contributed by atoms with Crippen molar-refractivity contribution in [3.63, 3.8) is 0 Å². The van der Waals surface area contributed by atoms with Crippen LogP contribution in [0.2, 0.25) is 0 Å². The van der Waals surface area contributed by atoms with Gasteiger partial charge in [0, 0.05) is 12.1 Å². The molecule has 0 aliphatic carbocycles. The highest BCUT2D eigenvalue weighted by Gasteiger charge is 2.30. The number of carbonyl (C=O) groups excluding carboxylic acids is 2. The highest BCUT2D eigenvalue weighted by Crippen LogP contribution is 2.21. The van der Waals surface area contributed by atoms with Crippen LogP contribution in [0.25, 0.3) is 0 Å². The number of likely N-dealkylation sites (tertiary alicyclic amines) is 1. The highest BCUT2D eigenvalue weighted by atomic mass is 16.4. The van der Waals surface area contributed by atoms with Gasteiger partial charge in [0.25, 0.3) is 5.91 Å². The van der Waals surface area contributed by atoms with Crippen molar-refractivity contribution in [1.29, 1.82) is 0 Å². The SMILES string of the molecule is Cc1ccoc1C(=O)N1CCCC[C@@H]1C(=O)[O-]. The summed E-state index contributed by atoms with van der Waals surface area (Å²) in [4.78, 5) is 24.5. The summed E-state index contributed by atoms with van der Waals surface area (Å²) in [6.07, 6.45) is 3.50. The topological polar surface area (TPSA) is 73.6 Å². The first kappa shape index (κ1) is 11.7. The molecule has 1 atom stereocenters. The largest absolute Gasteiger partial charge is 0.548 e.